The molecule has 1 amide bonds. The van der Waals surface area contributed by atoms with Crippen LogP contribution in [0.15, 0.2) is 4.34 Å². The zero-order chi connectivity index (χ0) is 11.5. The van der Waals surface area contributed by atoms with Crippen LogP contribution < -0.4 is 11.1 Å². The summed E-state index contributed by atoms with van der Waals surface area (Å²) in [7, 11) is 0. The molecule has 2 rings (SSSR count). The fourth-order valence-electron chi connectivity index (χ4n) is 1.46. The van der Waals surface area contributed by atoms with Gasteiger partial charge in [0.15, 0.2) is 10.0 Å². The van der Waals surface area contributed by atoms with Crippen molar-refractivity contribution in [1.82, 2.24) is 10.3 Å². The number of carbonyl (C=O) groups excluding carboxylic acids is 1. The maximum absolute atomic E-state index is 11.8. The first kappa shape index (κ1) is 11.7. The summed E-state index contributed by atoms with van der Waals surface area (Å²) in [5.74, 6) is -0.204. The first-order chi connectivity index (χ1) is 7.70. The highest BCUT2D eigenvalue weighted by molar-refractivity contribution is 8.00. The first-order valence-electron chi connectivity index (χ1n) is 4.89. The number of aromatic nitrogens is 1. The van der Waals surface area contributed by atoms with E-state index in [2.05, 4.69) is 10.3 Å². The normalized spacial score (nSPS) is 19.9. The molecule has 0 aromatic carbocycles. The summed E-state index contributed by atoms with van der Waals surface area (Å²) in [5.41, 5.74) is 6.08. The van der Waals surface area contributed by atoms with Crippen molar-refractivity contribution in [3.63, 3.8) is 0 Å². The molecule has 0 spiro atoms. The van der Waals surface area contributed by atoms with Gasteiger partial charge in [0, 0.05) is 6.61 Å². The van der Waals surface area contributed by atoms with Gasteiger partial charge in [-0.1, -0.05) is 23.1 Å². The van der Waals surface area contributed by atoms with Crippen LogP contribution in [-0.4, -0.2) is 36.4 Å². The Bertz CT molecular complexity index is 388. The van der Waals surface area contributed by atoms with Gasteiger partial charge in [-0.25, -0.2) is 4.98 Å². The quantitative estimate of drug-likeness (QED) is 0.791. The number of nitrogens with zero attached hydrogens (tertiary/aromatic N) is 1. The molecule has 1 unspecified atom stereocenters. The van der Waals surface area contributed by atoms with Gasteiger partial charge in [0.2, 0.25) is 0 Å². The fourth-order valence-corrected chi connectivity index (χ4v) is 2.81. The summed E-state index contributed by atoms with van der Waals surface area (Å²) in [5, 5.41) is 3.34. The van der Waals surface area contributed by atoms with Gasteiger partial charge in [0.25, 0.3) is 5.91 Å². The zero-order valence-corrected chi connectivity index (χ0v) is 10.5. The highest BCUT2D eigenvalue weighted by atomic mass is 32.2. The lowest BCUT2D eigenvalue weighted by Gasteiger charge is -2.08. The van der Waals surface area contributed by atoms with Gasteiger partial charge in [-0.15, -0.1) is 0 Å². The van der Waals surface area contributed by atoms with E-state index in [0.717, 1.165) is 10.8 Å². The molecule has 16 heavy (non-hydrogen) atoms. The van der Waals surface area contributed by atoms with Crippen molar-refractivity contribution in [2.24, 2.45) is 0 Å². The molecule has 0 aliphatic carbocycles. The van der Waals surface area contributed by atoms with Crippen molar-refractivity contribution in [2.45, 2.75) is 16.8 Å². The van der Waals surface area contributed by atoms with Gasteiger partial charge >= 0.3 is 0 Å². The molecule has 7 heteroatoms. The van der Waals surface area contributed by atoms with Crippen molar-refractivity contribution >= 4 is 34.0 Å². The molecule has 1 aromatic rings. The summed E-state index contributed by atoms with van der Waals surface area (Å²) in [6.45, 7) is 1.28. The lowest BCUT2D eigenvalue weighted by Crippen LogP contribution is -2.35. The maximum atomic E-state index is 11.8. The fraction of sp³-hybridized carbons (Fsp3) is 0.556. The van der Waals surface area contributed by atoms with Gasteiger partial charge in [-0.3, -0.25) is 4.79 Å². The minimum Gasteiger partial charge on any atom is -0.389 e. The molecule has 1 aliphatic rings. The second kappa shape index (κ2) is 5.03. The predicted molar refractivity (Wildman–Crippen MR) is 65.0 cm³/mol. The molecule has 1 aliphatic heterocycles. The van der Waals surface area contributed by atoms with Gasteiger partial charge in [-0.2, -0.15) is 0 Å². The van der Waals surface area contributed by atoms with Crippen molar-refractivity contribution in [1.29, 1.82) is 0 Å². The summed E-state index contributed by atoms with van der Waals surface area (Å²) in [6.07, 6.45) is 2.76. The Morgan fingerprint density at radius 2 is 2.56 bits per heavy atom. The molecule has 1 fully saturated rings. The monoisotopic (exact) mass is 259 g/mol. The Kier molecular flexibility index (Phi) is 3.67. The van der Waals surface area contributed by atoms with Crippen molar-refractivity contribution < 1.29 is 9.53 Å². The van der Waals surface area contributed by atoms with E-state index in [4.69, 9.17) is 10.5 Å². The number of hydrogen-bond acceptors (Lipinski definition) is 6. The van der Waals surface area contributed by atoms with E-state index in [1.165, 1.54) is 23.1 Å². The van der Waals surface area contributed by atoms with Crippen LogP contribution in [0.2, 0.25) is 0 Å². The summed E-state index contributed by atoms with van der Waals surface area (Å²) < 4.78 is 5.99. The standard InChI is InChI=1S/C9H13N3O2S2/c1-15-9-12-6(7(10)16-9)8(13)11-5-2-3-14-4-5/h5H,2-4,10H2,1H3,(H,11,13). The van der Waals surface area contributed by atoms with E-state index < -0.39 is 0 Å². The Morgan fingerprint density at radius 3 is 3.12 bits per heavy atom. The highest BCUT2D eigenvalue weighted by Gasteiger charge is 2.22. The molecule has 1 aromatic heterocycles. The van der Waals surface area contributed by atoms with Gasteiger partial charge in [-0.05, 0) is 12.7 Å². The average molecular weight is 259 g/mol. The van der Waals surface area contributed by atoms with Crippen molar-refractivity contribution in [2.75, 3.05) is 25.2 Å². The number of rotatable bonds is 3. The molecule has 88 valence electrons. The molecule has 0 radical (unpaired) electrons. The van der Waals surface area contributed by atoms with Crippen LogP contribution in [0.5, 0.6) is 0 Å². The third kappa shape index (κ3) is 2.47. The number of carbonyl (C=O) groups is 1. The lowest BCUT2D eigenvalue weighted by molar-refractivity contribution is 0.0926. The smallest absolute Gasteiger partial charge is 0.273 e. The number of anilines is 1. The number of ether oxygens (including phenoxy) is 1. The number of nitrogens with two attached hydrogens (primary N) is 1. The Morgan fingerprint density at radius 1 is 1.75 bits per heavy atom. The molecule has 0 bridgehead atoms. The zero-order valence-electron chi connectivity index (χ0n) is 8.86. The first-order valence-corrected chi connectivity index (χ1v) is 6.93. The number of hydrogen-bond donors (Lipinski definition) is 2. The van der Waals surface area contributed by atoms with Gasteiger partial charge in [0.1, 0.15) is 5.00 Å². The molecule has 5 nitrogen and oxygen atoms in total. The molecular weight excluding hydrogens is 246 g/mol. The third-order valence-corrected chi connectivity index (χ3v) is 4.16. The van der Waals surface area contributed by atoms with Crippen molar-refractivity contribution in [3.8, 4) is 0 Å². The minimum atomic E-state index is -0.204. The SMILES string of the molecule is CSc1nc(C(=O)NC2CCOC2)c(N)s1. The third-order valence-electron chi connectivity index (χ3n) is 2.29. The van der Waals surface area contributed by atoms with E-state index in [9.17, 15) is 4.79 Å². The Balaban J connectivity index is 2.04. The lowest BCUT2D eigenvalue weighted by atomic mass is 10.2. The summed E-state index contributed by atoms with van der Waals surface area (Å²) in [4.78, 5) is 16.0. The summed E-state index contributed by atoms with van der Waals surface area (Å²) >= 11 is 2.82. The van der Waals surface area contributed by atoms with Gasteiger partial charge in [0.05, 0.1) is 12.6 Å². The molecule has 3 N–H and O–H groups in total. The number of nitrogen functional groups attached to an aromatic ring is 1. The van der Waals surface area contributed by atoms with Gasteiger partial charge < -0.3 is 15.8 Å². The molecule has 1 saturated heterocycles. The van der Waals surface area contributed by atoms with E-state index in [-0.39, 0.29) is 11.9 Å². The van der Waals surface area contributed by atoms with Crippen molar-refractivity contribution in [3.05, 3.63) is 5.69 Å². The van der Waals surface area contributed by atoms with E-state index in [1.54, 1.807) is 0 Å². The largest absolute Gasteiger partial charge is 0.389 e. The average Bonchev–Trinajstić information content (AvgIpc) is 2.87. The van der Waals surface area contributed by atoms with Crippen LogP contribution in [-0.2, 0) is 4.74 Å². The van der Waals surface area contributed by atoms with E-state index >= 15 is 0 Å². The predicted octanol–water partition coefficient (Wildman–Crippen LogP) is 0.966. The molecule has 0 saturated carbocycles. The number of thiazole rings is 1. The molecule has 1 atom stereocenters. The topological polar surface area (TPSA) is 77.2 Å². The Labute approximate surface area is 102 Å². The second-order valence-corrected chi connectivity index (χ2v) is 5.51. The van der Waals surface area contributed by atoms with Crippen LogP contribution in [0.3, 0.4) is 0 Å². The molecule has 2 heterocycles. The van der Waals surface area contributed by atoms with Crippen LogP contribution in [0, 0.1) is 0 Å². The number of nitrogens with one attached hydrogen (secondary N) is 1. The molecular formula is C9H13N3O2S2. The van der Waals surface area contributed by atoms with Crippen LogP contribution >= 0.6 is 23.1 Å². The van der Waals surface area contributed by atoms with E-state index in [0.29, 0.717) is 23.9 Å². The highest BCUT2D eigenvalue weighted by Crippen LogP contribution is 2.27. The second-order valence-electron chi connectivity index (χ2n) is 3.43. The van der Waals surface area contributed by atoms with E-state index in [1.807, 2.05) is 6.26 Å². The number of thioether (sulfide) groups is 1. The van der Waals surface area contributed by atoms with Crippen LogP contribution in [0.1, 0.15) is 16.9 Å². The van der Waals surface area contributed by atoms with Crippen LogP contribution in [0.4, 0.5) is 5.00 Å². The van der Waals surface area contributed by atoms with Crippen LogP contribution in [0.25, 0.3) is 0 Å². The Hall–Kier alpha value is -0.790. The summed E-state index contributed by atoms with van der Waals surface area (Å²) in [6, 6.07) is 0.0892. The number of amides is 1. The minimum absolute atomic E-state index is 0.0892. The maximum Gasteiger partial charge on any atom is 0.273 e.